The number of rotatable bonds is 4. The van der Waals surface area contributed by atoms with Crippen LogP contribution in [0.5, 0.6) is 0 Å². The van der Waals surface area contributed by atoms with Crippen LogP contribution in [0.4, 0.5) is 8.78 Å². The van der Waals surface area contributed by atoms with Gasteiger partial charge in [0.05, 0.1) is 28.2 Å². The van der Waals surface area contributed by atoms with Crippen molar-refractivity contribution in [2.75, 3.05) is 0 Å². The van der Waals surface area contributed by atoms with Crippen LogP contribution in [0.3, 0.4) is 0 Å². The van der Waals surface area contributed by atoms with Crippen LogP contribution in [-0.4, -0.2) is 9.55 Å². The van der Waals surface area contributed by atoms with Gasteiger partial charge >= 0.3 is 0 Å². The molecule has 1 aromatic heterocycles. The molecule has 4 rings (SSSR count). The lowest BCUT2D eigenvalue weighted by atomic mass is 10.1. The summed E-state index contributed by atoms with van der Waals surface area (Å²) in [5.74, 6) is -1.23. The van der Waals surface area contributed by atoms with E-state index in [9.17, 15) is 18.8 Å². The number of hydrogen-bond acceptors (Lipinski definition) is 4. The fraction of sp³-hybridized carbons (Fsp3) is 0.0455. The van der Waals surface area contributed by atoms with E-state index in [2.05, 4.69) is 11.1 Å². The molecule has 4 aromatic rings. The molecule has 0 N–H and O–H groups in total. The third kappa shape index (κ3) is 3.62. The summed E-state index contributed by atoms with van der Waals surface area (Å²) < 4.78 is 29.0. The average molecular weight is 405 g/mol. The lowest BCUT2D eigenvalue weighted by Crippen LogP contribution is -2.22. The van der Waals surface area contributed by atoms with Crippen LogP contribution >= 0.6 is 11.8 Å². The van der Waals surface area contributed by atoms with E-state index in [1.807, 2.05) is 12.1 Å². The van der Waals surface area contributed by atoms with E-state index in [-0.39, 0.29) is 10.8 Å². The summed E-state index contributed by atoms with van der Waals surface area (Å²) in [6.07, 6.45) is 0. The van der Waals surface area contributed by atoms with E-state index in [0.29, 0.717) is 22.2 Å². The first-order chi connectivity index (χ1) is 14.1. The molecule has 1 heterocycles. The number of hydrogen-bond donors (Lipinski definition) is 0. The number of fused-ring (bicyclic) bond motifs is 1. The minimum absolute atomic E-state index is 0.0780. The van der Waals surface area contributed by atoms with E-state index >= 15 is 0 Å². The summed E-state index contributed by atoms with van der Waals surface area (Å²) in [7, 11) is 0. The second-order valence-electron chi connectivity index (χ2n) is 6.21. The molecular weight excluding hydrogens is 392 g/mol. The smallest absolute Gasteiger partial charge is 0.266 e. The van der Waals surface area contributed by atoms with Gasteiger partial charge in [-0.2, -0.15) is 5.26 Å². The highest BCUT2D eigenvalue weighted by molar-refractivity contribution is 7.98. The highest BCUT2D eigenvalue weighted by atomic mass is 32.2. The standard InChI is InChI=1S/C22H13F2N3OS/c23-16-9-10-20(18(24)11-16)27-21(28)17-7-3-4-8-19(17)26-22(27)29-13-15-6-2-1-5-14(15)12-25/h1-11H,13H2. The van der Waals surface area contributed by atoms with Crippen molar-refractivity contribution in [2.45, 2.75) is 10.9 Å². The number of nitrogens with zero attached hydrogens (tertiary/aromatic N) is 3. The van der Waals surface area contributed by atoms with E-state index in [4.69, 9.17) is 0 Å². The largest absolute Gasteiger partial charge is 0.268 e. The Kier molecular flexibility index (Phi) is 5.10. The lowest BCUT2D eigenvalue weighted by Gasteiger charge is -2.14. The first-order valence-electron chi connectivity index (χ1n) is 8.66. The van der Waals surface area contributed by atoms with Crippen LogP contribution in [0.2, 0.25) is 0 Å². The zero-order chi connectivity index (χ0) is 20.4. The molecule has 0 amide bonds. The van der Waals surface area contributed by atoms with Gasteiger partial charge in [0.25, 0.3) is 5.56 Å². The molecule has 4 nitrogen and oxygen atoms in total. The summed E-state index contributed by atoms with van der Waals surface area (Å²) in [5.41, 5.74) is 1.24. The lowest BCUT2D eigenvalue weighted by molar-refractivity contribution is 0.572. The third-order valence-corrected chi connectivity index (χ3v) is 5.38. The van der Waals surface area contributed by atoms with Crippen LogP contribution in [0.25, 0.3) is 16.6 Å². The number of para-hydroxylation sites is 1. The van der Waals surface area contributed by atoms with Crippen molar-refractivity contribution in [3.63, 3.8) is 0 Å². The van der Waals surface area contributed by atoms with Crippen LogP contribution in [0.15, 0.2) is 76.7 Å². The minimum Gasteiger partial charge on any atom is -0.268 e. The van der Waals surface area contributed by atoms with Crippen molar-refractivity contribution < 1.29 is 8.78 Å². The van der Waals surface area contributed by atoms with Gasteiger partial charge in [-0.3, -0.25) is 9.36 Å². The Balaban J connectivity index is 1.88. The van der Waals surface area contributed by atoms with Crippen LogP contribution < -0.4 is 5.56 Å². The van der Waals surface area contributed by atoms with Gasteiger partial charge in [-0.05, 0) is 35.9 Å². The Morgan fingerprint density at radius 3 is 2.59 bits per heavy atom. The van der Waals surface area contributed by atoms with Gasteiger partial charge in [0, 0.05) is 11.8 Å². The first-order valence-corrected chi connectivity index (χ1v) is 9.65. The van der Waals surface area contributed by atoms with E-state index in [1.54, 1.807) is 36.4 Å². The highest BCUT2D eigenvalue weighted by Crippen LogP contribution is 2.27. The summed E-state index contributed by atoms with van der Waals surface area (Å²) in [6, 6.07) is 19.1. The Morgan fingerprint density at radius 2 is 1.79 bits per heavy atom. The molecule has 7 heteroatoms. The Hall–Kier alpha value is -3.50. The molecule has 0 aliphatic rings. The highest BCUT2D eigenvalue weighted by Gasteiger charge is 2.17. The number of halogens is 2. The van der Waals surface area contributed by atoms with E-state index in [1.165, 1.54) is 17.8 Å². The van der Waals surface area contributed by atoms with Crippen molar-refractivity contribution in [2.24, 2.45) is 0 Å². The van der Waals surface area contributed by atoms with Crippen molar-refractivity contribution in [1.29, 1.82) is 5.26 Å². The molecule has 0 atom stereocenters. The minimum atomic E-state index is -0.858. The topological polar surface area (TPSA) is 58.7 Å². The Labute approximate surface area is 169 Å². The summed E-state index contributed by atoms with van der Waals surface area (Å²) in [4.78, 5) is 17.6. The summed E-state index contributed by atoms with van der Waals surface area (Å²) in [6.45, 7) is 0. The number of benzene rings is 3. The Bertz CT molecular complexity index is 1330. The molecule has 0 aliphatic heterocycles. The zero-order valence-electron chi connectivity index (χ0n) is 15.0. The third-order valence-electron chi connectivity index (χ3n) is 4.39. The summed E-state index contributed by atoms with van der Waals surface area (Å²) >= 11 is 1.21. The normalized spacial score (nSPS) is 10.8. The predicted octanol–water partition coefficient (Wildman–Crippen LogP) is 4.83. The average Bonchev–Trinajstić information content (AvgIpc) is 2.73. The molecule has 29 heavy (non-hydrogen) atoms. The van der Waals surface area contributed by atoms with Gasteiger partial charge < -0.3 is 0 Å². The second-order valence-corrected chi connectivity index (χ2v) is 7.15. The number of aromatic nitrogens is 2. The molecule has 0 bridgehead atoms. The molecule has 0 spiro atoms. The monoisotopic (exact) mass is 405 g/mol. The van der Waals surface area contributed by atoms with Crippen LogP contribution in [0.1, 0.15) is 11.1 Å². The van der Waals surface area contributed by atoms with Gasteiger partial charge in [0.1, 0.15) is 11.6 Å². The van der Waals surface area contributed by atoms with Crippen molar-refractivity contribution >= 4 is 22.7 Å². The van der Waals surface area contributed by atoms with Crippen molar-refractivity contribution in [1.82, 2.24) is 9.55 Å². The SMILES string of the molecule is N#Cc1ccccc1CSc1nc2ccccc2c(=O)n1-c1ccc(F)cc1F. The molecule has 0 saturated heterocycles. The van der Waals surface area contributed by atoms with Crippen LogP contribution in [0, 0.1) is 23.0 Å². The van der Waals surface area contributed by atoms with Crippen LogP contribution in [-0.2, 0) is 5.75 Å². The van der Waals surface area contributed by atoms with Gasteiger partial charge in [0.15, 0.2) is 5.16 Å². The van der Waals surface area contributed by atoms with E-state index < -0.39 is 17.2 Å². The number of nitriles is 1. The molecular formula is C22H13F2N3OS. The maximum absolute atomic E-state index is 14.5. The fourth-order valence-corrected chi connectivity index (χ4v) is 3.99. The van der Waals surface area contributed by atoms with E-state index in [0.717, 1.165) is 22.3 Å². The first kappa shape index (κ1) is 18.8. The molecule has 0 saturated carbocycles. The zero-order valence-corrected chi connectivity index (χ0v) is 15.8. The van der Waals surface area contributed by atoms with Gasteiger partial charge in [-0.1, -0.05) is 42.1 Å². The molecule has 0 radical (unpaired) electrons. The maximum atomic E-state index is 14.5. The van der Waals surface area contributed by atoms with Gasteiger partial charge in [-0.25, -0.2) is 13.8 Å². The Morgan fingerprint density at radius 1 is 1.03 bits per heavy atom. The fourth-order valence-electron chi connectivity index (χ4n) is 2.98. The van der Waals surface area contributed by atoms with Crippen molar-refractivity contribution in [3.05, 3.63) is 99.8 Å². The molecule has 0 aliphatic carbocycles. The second kappa shape index (κ2) is 7.86. The maximum Gasteiger partial charge on any atom is 0.266 e. The quantitative estimate of drug-likeness (QED) is 0.361. The van der Waals surface area contributed by atoms with Crippen molar-refractivity contribution in [3.8, 4) is 11.8 Å². The molecule has 0 fully saturated rings. The predicted molar refractivity (Wildman–Crippen MR) is 108 cm³/mol. The van der Waals surface area contributed by atoms with Gasteiger partial charge in [-0.15, -0.1) is 0 Å². The molecule has 0 unspecified atom stereocenters. The number of thioether (sulfide) groups is 1. The summed E-state index contributed by atoms with van der Waals surface area (Å²) in [5, 5.41) is 9.87. The molecule has 3 aromatic carbocycles. The molecule has 142 valence electrons. The van der Waals surface area contributed by atoms with Gasteiger partial charge in [0.2, 0.25) is 0 Å².